The van der Waals surface area contributed by atoms with Crippen molar-refractivity contribution in [3.8, 4) is 0 Å². The van der Waals surface area contributed by atoms with E-state index in [9.17, 15) is 4.79 Å². The van der Waals surface area contributed by atoms with Crippen molar-refractivity contribution in [2.24, 2.45) is 4.99 Å². The number of nitrogens with zero attached hydrogens (tertiary/aromatic N) is 2. The first-order chi connectivity index (χ1) is 12.6. The Labute approximate surface area is 156 Å². The number of aliphatic imine (C=N–C) groups is 1. The van der Waals surface area contributed by atoms with E-state index in [1.165, 1.54) is 5.56 Å². The Kier molecular flexibility index (Phi) is 7.68. The number of rotatable bonds is 7. The highest BCUT2D eigenvalue weighted by molar-refractivity contribution is 5.94. The number of carbonyl (C=O) groups is 1. The van der Waals surface area contributed by atoms with E-state index in [-0.39, 0.29) is 5.91 Å². The topological polar surface area (TPSA) is 56.7 Å². The highest BCUT2D eigenvalue weighted by atomic mass is 16.1. The van der Waals surface area contributed by atoms with Gasteiger partial charge in [-0.05, 0) is 37.1 Å². The van der Waals surface area contributed by atoms with Crippen LogP contribution in [0.15, 0.2) is 59.6 Å². The molecule has 0 unspecified atom stereocenters. The molecular formula is C21H28N4O. The molecule has 2 aromatic carbocycles. The molecule has 0 aliphatic rings. The van der Waals surface area contributed by atoms with Gasteiger partial charge in [0.1, 0.15) is 0 Å². The molecule has 5 heteroatoms. The van der Waals surface area contributed by atoms with Crippen LogP contribution in [-0.2, 0) is 13.1 Å². The number of nitrogens with one attached hydrogen (secondary N) is 2. The lowest BCUT2D eigenvalue weighted by Gasteiger charge is -2.22. The van der Waals surface area contributed by atoms with Crippen LogP contribution in [0.1, 0.15) is 35.3 Å². The van der Waals surface area contributed by atoms with Gasteiger partial charge in [-0.15, -0.1) is 0 Å². The van der Waals surface area contributed by atoms with E-state index >= 15 is 0 Å². The summed E-state index contributed by atoms with van der Waals surface area (Å²) in [6.07, 6.45) is 0. The zero-order chi connectivity index (χ0) is 18.8. The smallest absolute Gasteiger partial charge is 0.251 e. The van der Waals surface area contributed by atoms with Crippen LogP contribution in [0, 0.1) is 0 Å². The van der Waals surface area contributed by atoms with Crippen molar-refractivity contribution >= 4 is 11.9 Å². The van der Waals surface area contributed by atoms with Crippen LogP contribution in [0.4, 0.5) is 0 Å². The SMILES string of the molecule is CCNC(=O)c1ccc(CN=C(NCC)N(C)Cc2ccccc2)cc1. The van der Waals surface area contributed by atoms with E-state index in [0.717, 1.165) is 24.6 Å². The number of hydrogen-bond acceptors (Lipinski definition) is 2. The summed E-state index contributed by atoms with van der Waals surface area (Å²) >= 11 is 0. The molecule has 2 rings (SSSR count). The second kappa shape index (κ2) is 10.2. The molecular weight excluding hydrogens is 324 g/mol. The number of carbonyl (C=O) groups excluding carboxylic acids is 1. The summed E-state index contributed by atoms with van der Waals surface area (Å²) < 4.78 is 0. The van der Waals surface area contributed by atoms with Crippen LogP contribution < -0.4 is 10.6 Å². The lowest BCUT2D eigenvalue weighted by Crippen LogP contribution is -2.38. The van der Waals surface area contributed by atoms with E-state index in [2.05, 4.69) is 34.6 Å². The minimum Gasteiger partial charge on any atom is -0.357 e. The molecule has 0 fully saturated rings. The first-order valence-corrected chi connectivity index (χ1v) is 9.04. The Morgan fingerprint density at radius 3 is 2.19 bits per heavy atom. The molecule has 0 saturated heterocycles. The Balaban J connectivity index is 2.02. The van der Waals surface area contributed by atoms with E-state index in [1.54, 1.807) is 0 Å². The van der Waals surface area contributed by atoms with E-state index in [4.69, 9.17) is 4.99 Å². The van der Waals surface area contributed by atoms with E-state index in [1.807, 2.05) is 56.4 Å². The summed E-state index contributed by atoms with van der Waals surface area (Å²) in [5, 5.41) is 6.13. The second-order valence-electron chi connectivity index (χ2n) is 6.07. The predicted octanol–water partition coefficient (Wildman–Crippen LogP) is 3.03. The van der Waals surface area contributed by atoms with Crippen LogP contribution in [0.3, 0.4) is 0 Å². The van der Waals surface area contributed by atoms with Crippen molar-refractivity contribution in [3.63, 3.8) is 0 Å². The molecule has 0 aliphatic heterocycles. The zero-order valence-corrected chi connectivity index (χ0v) is 15.8. The fraction of sp³-hybridized carbons (Fsp3) is 0.333. The van der Waals surface area contributed by atoms with Crippen molar-refractivity contribution in [2.45, 2.75) is 26.9 Å². The molecule has 0 aliphatic carbocycles. The maximum Gasteiger partial charge on any atom is 0.251 e. The third kappa shape index (κ3) is 5.92. The normalized spacial score (nSPS) is 11.1. The Morgan fingerprint density at radius 2 is 1.58 bits per heavy atom. The average Bonchev–Trinajstić information content (AvgIpc) is 2.66. The molecule has 0 saturated carbocycles. The third-order valence-corrected chi connectivity index (χ3v) is 3.92. The molecule has 1 amide bonds. The first-order valence-electron chi connectivity index (χ1n) is 9.04. The molecule has 0 spiro atoms. The van der Waals surface area contributed by atoms with Crippen molar-refractivity contribution in [1.82, 2.24) is 15.5 Å². The van der Waals surface area contributed by atoms with Gasteiger partial charge in [0.15, 0.2) is 5.96 Å². The van der Waals surface area contributed by atoms with Gasteiger partial charge in [0, 0.05) is 32.2 Å². The molecule has 0 heterocycles. The molecule has 2 aromatic rings. The summed E-state index contributed by atoms with van der Waals surface area (Å²) in [4.78, 5) is 18.6. The molecule has 5 nitrogen and oxygen atoms in total. The lowest BCUT2D eigenvalue weighted by atomic mass is 10.1. The van der Waals surface area contributed by atoms with Gasteiger partial charge >= 0.3 is 0 Å². The minimum absolute atomic E-state index is 0.0431. The van der Waals surface area contributed by atoms with Crippen molar-refractivity contribution < 1.29 is 4.79 Å². The van der Waals surface area contributed by atoms with Gasteiger partial charge in [0.25, 0.3) is 5.91 Å². The van der Waals surface area contributed by atoms with Gasteiger partial charge in [0.2, 0.25) is 0 Å². The van der Waals surface area contributed by atoms with E-state index < -0.39 is 0 Å². The summed E-state index contributed by atoms with van der Waals surface area (Å²) in [5.41, 5.74) is 2.99. The average molecular weight is 352 g/mol. The maximum absolute atomic E-state index is 11.8. The van der Waals surface area contributed by atoms with Gasteiger partial charge in [0.05, 0.1) is 6.54 Å². The minimum atomic E-state index is -0.0431. The number of benzene rings is 2. The lowest BCUT2D eigenvalue weighted by molar-refractivity contribution is 0.0956. The predicted molar refractivity (Wildman–Crippen MR) is 107 cm³/mol. The van der Waals surface area contributed by atoms with Crippen LogP contribution in [-0.4, -0.2) is 36.9 Å². The van der Waals surface area contributed by atoms with Gasteiger partial charge in [-0.3, -0.25) is 4.79 Å². The summed E-state index contributed by atoms with van der Waals surface area (Å²) in [7, 11) is 2.03. The maximum atomic E-state index is 11.8. The van der Waals surface area contributed by atoms with Gasteiger partial charge in [-0.25, -0.2) is 4.99 Å². The summed E-state index contributed by atoms with van der Waals surface area (Å²) in [6, 6.07) is 17.9. The molecule has 2 N–H and O–H groups in total. The fourth-order valence-electron chi connectivity index (χ4n) is 2.59. The Hall–Kier alpha value is -2.82. The largest absolute Gasteiger partial charge is 0.357 e. The molecule has 0 bridgehead atoms. The molecule has 0 radical (unpaired) electrons. The Morgan fingerprint density at radius 1 is 0.923 bits per heavy atom. The zero-order valence-electron chi connectivity index (χ0n) is 15.8. The number of amides is 1. The molecule has 0 atom stereocenters. The quantitative estimate of drug-likeness (QED) is 0.595. The van der Waals surface area contributed by atoms with Crippen LogP contribution >= 0.6 is 0 Å². The van der Waals surface area contributed by atoms with Crippen molar-refractivity contribution in [3.05, 3.63) is 71.3 Å². The van der Waals surface area contributed by atoms with Gasteiger partial charge < -0.3 is 15.5 Å². The van der Waals surface area contributed by atoms with Crippen LogP contribution in [0.2, 0.25) is 0 Å². The summed E-state index contributed by atoms with van der Waals surface area (Å²) in [6.45, 7) is 6.78. The standard InChI is InChI=1S/C21H28N4O/c1-4-22-20(26)19-13-11-17(12-14-19)15-24-21(23-5-2)25(3)16-18-9-7-6-8-10-18/h6-14H,4-5,15-16H2,1-3H3,(H,22,26)(H,23,24). The van der Waals surface area contributed by atoms with Gasteiger partial charge in [-0.1, -0.05) is 42.5 Å². The monoisotopic (exact) mass is 352 g/mol. The van der Waals surface area contributed by atoms with Crippen LogP contribution in [0.25, 0.3) is 0 Å². The first kappa shape index (κ1) is 19.5. The van der Waals surface area contributed by atoms with Crippen molar-refractivity contribution in [2.75, 3.05) is 20.1 Å². The summed E-state index contributed by atoms with van der Waals surface area (Å²) in [5.74, 6) is 0.822. The highest BCUT2D eigenvalue weighted by Gasteiger charge is 2.07. The van der Waals surface area contributed by atoms with Crippen LogP contribution in [0.5, 0.6) is 0 Å². The molecule has 0 aromatic heterocycles. The van der Waals surface area contributed by atoms with Crippen molar-refractivity contribution in [1.29, 1.82) is 0 Å². The fourth-order valence-corrected chi connectivity index (χ4v) is 2.59. The number of guanidine groups is 1. The third-order valence-electron chi connectivity index (χ3n) is 3.92. The highest BCUT2D eigenvalue weighted by Crippen LogP contribution is 2.07. The molecule has 26 heavy (non-hydrogen) atoms. The Bertz CT molecular complexity index is 711. The second-order valence-corrected chi connectivity index (χ2v) is 6.07. The molecule has 138 valence electrons. The number of hydrogen-bond donors (Lipinski definition) is 2. The van der Waals surface area contributed by atoms with Gasteiger partial charge in [-0.2, -0.15) is 0 Å². The van der Waals surface area contributed by atoms with E-state index in [0.29, 0.717) is 18.7 Å².